The van der Waals surface area contributed by atoms with Crippen molar-refractivity contribution in [1.82, 2.24) is 0 Å². The van der Waals surface area contributed by atoms with Gasteiger partial charge in [-0.2, -0.15) is 0 Å². The van der Waals surface area contributed by atoms with Crippen LogP contribution in [-0.4, -0.2) is 96.7 Å². The van der Waals surface area contributed by atoms with Crippen molar-refractivity contribution < 1.29 is 80.2 Å². The van der Waals surface area contributed by atoms with Crippen LogP contribution in [-0.2, 0) is 65.4 Å². The average Bonchev–Trinajstić information content (AvgIpc) is 1.30. The SMILES string of the molecule is CCCCCCCCCCCCCCCC(=O)O[C@H](COC(=O)CCCCCCCCC(C)C)COP(=O)(O)OC[C@H](O)COP(=O)(O)OC[C@@H](COC(=O)CCCCCCCCCCCCC(C)CC)OC(=O)CCCCCCCCCCCCCCCCCC(C)C. The maximum absolute atomic E-state index is 13.1. The topological polar surface area (TPSA) is 237 Å². The Hall–Kier alpha value is -1.94. The number of rotatable bonds is 73. The van der Waals surface area contributed by atoms with Crippen LogP contribution in [0.3, 0.4) is 0 Å². The Morgan fingerprint density at radius 3 is 0.809 bits per heavy atom. The first kappa shape index (κ1) is 92.1. The van der Waals surface area contributed by atoms with Gasteiger partial charge in [0.25, 0.3) is 0 Å². The molecule has 558 valence electrons. The Morgan fingerprint density at radius 1 is 0.309 bits per heavy atom. The van der Waals surface area contributed by atoms with E-state index in [0.29, 0.717) is 31.6 Å². The second kappa shape index (κ2) is 65.7. The van der Waals surface area contributed by atoms with Gasteiger partial charge in [0.15, 0.2) is 12.2 Å². The van der Waals surface area contributed by atoms with Crippen LogP contribution in [0.1, 0.15) is 382 Å². The van der Waals surface area contributed by atoms with E-state index in [2.05, 4.69) is 48.5 Å². The van der Waals surface area contributed by atoms with Gasteiger partial charge in [0.1, 0.15) is 19.3 Å². The maximum Gasteiger partial charge on any atom is 0.472 e. The molecule has 0 amide bonds. The molecule has 0 bridgehead atoms. The Bertz CT molecular complexity index is 1840. The molecule has 0 aromatic carbocycles. The number of carbonyl (C=O) groups is 4. The van der Waals surface area contributed by atoms with E-state index in [1.54, 1.807) is 0 Å². The van der Waals surface area contributed by atoms with E-state index < -0.39 is 97.5 Å². The third-order valence-corrected chi connectivity index (χ3v) is 19.6. The average molecular weight is 1380 g/mol. The minimum absolute atomic E-state index is 0.106. The van der Waals surface area contributed by atoms with Crippen molar-refractivity contribution in [3.05, 3.63) is 0 Å². The van der Waals surface area contributed by atoms with Crippen LogP contribution in [0.4, 0.5) is 0 Å². The number of ether oxygens (including phenoxy) is 4. The van der Waals surface area contributed by atoms with Gasteiger partial charge in [-0.05, 0) is 43.4 Å². The maximum atomic E-state index is 13.1. The molecule has 94 heavy (non-hydrogen) atoms. The zero-order valence-corrected chi connectivity index (χ0v) is 63.2. The number of aliphatic hydroxyl groups excluding tert-OH is 1. The first-order valence-electron chi connectivity index (χ1n) is 38.9. The summed E-state index contributed by atoms with van der Waals surface area (Å²) in [7, 11) is -9.91. The fourth-order valence-electron chi connectivity index (χ4n) is 11.4. The third-order valence-electron chi connectivity index (χ3n) is 17.7. The van der Waals surface area contributed by atoms with E-state index in [1.165, 1.54) is 186 Å². The van der Waals surface area contributed by atoms with Gasteiger partial charge in [-0.25, -0.2) is 9.13 Å². The van der Waals surface area contributed by atoms with Gasteiger partial charge in [-0.15, -0.1) is 0 Å². The molecular weight excluding hydrogens is 1230 g/mol. The largest absolute Gasteiger partial charge is 0.472 e. The molecule has 3 unspecified atom stereocenters. The molecule has 19 heteroatoms. The van der Waals surface area contributed by atoms with Crippen molar-refractivity contribution in [2.45, 2.75) is 401 Å². The Labute approximate surface area is 575 Å². The summed E-state index contributed by atoms with van der Waals surface area (Å²) in [5.41, 5.74) is 0. The highest BCUT2D eigenvalue weighted by Gasteiger charge is 2.30. The molecule has 0 aromatic rings. The van der Waals surface area contributed by atoms with Gasteiger partial charge < -0.3 is 33.8 Å². The Morgan fingerprint density at radius 2 is 0.543 bits per heavy atom. The van der Waals surface area contributed by atoms with Crippen LogP contribution in [0.15, 0.2) is 0 Å². The van der Waals surface area contributed by atoms with Gasteiger partial charge >= 0.3 is 39.5 Å². The summed E-state index contributed by atoms with van der Waals surface area (Å²) in [5.74, 6) is 0.172. The van der Waals surface area contributed by atoms with Gasteiger partial charge in [0.2, 0.25) is 0 Å². The van der Waals surface area contributed by atoms with Gasteiger partial charge in [-0.1, -0.05) is 331 Å². The Balaban J connectivity index is 5.24. The minimum Gasteiger partial charge on any atom is -0.462 e. The summed E-state index contributed by atoms with van der Waals surface area (Å²) in [4.78, 5) is 72.7. The highest BCUT2D eigenvalue weighted by Crippen LogP contribution is 2.45. The summed E-state index contributed by atoms with van der Waals surface area (Å²) in [6.07, 6.45) is 51.3. The predicted molar refractivity (Wildman–Crippen MR) is 381 cm³/mol. The molecular formula is C75H146O17P2. The van der Waals surface area contributed by atoms with E-state index >= 15 is 0 Å². The molecule has 0 spiro atoms. The fourth-order valence-corrected chi connectivity index (χ4v) is 13.0. The molecule has 3 N–H and O–H groups in total. The molecule has 6 atom stereocenters. The predicted octanol–water partition coefficient (Wildman–Crippen LogP) is 21.8. The van der Waals surface area contributed by atoms with Gasteiger partial charge in [-0.3, -0.25) is 37.3 Å². The monoisotopic (exact) mass is 1380 g/mol. The lowest BCUT2D eigenvalue weighted by atomic mass is 9.99. The van der Waals surface area contributed by atoms with Crippen LogP contribution >= 0.6 is 15.6 Å². The van der Waals surface area contributed by atoms with Crippen LogP contribution in [0.5, 0.6) is 0 Å². The molecule has 0 aromatic heterocycles. The van der Waals surface area contributed by atoms with Crippen molar-refractivity contribution in [2.24, 2.45) is 17.8 Å². The summed E-state index contributed by atoms with van der Waals surface area (Å²) in [6, 6.07) is 0. The quantitative estimate of drug-likeness (QED) is 0.0222. The minimum atomic E-state index is -4.96. The number of hydrogen-bond acceptors (Lipinski definition) is 15. The smallest absolute Gasteiger partial charge is 0.462 e. The van der Waals surface area contributed by atoms with Gasteiger partial charge in [0, 0.05) is 25.7 Å². The van der Waals surface area contributed by atoms with E-state index in [-0.39, 0.29) is 25.7 Å². The zero-order chi connectivity index (χ0) is 69.4. The van der Waals surface area contributed by atoms with E-state index in [9.17, 15) is 43.2 Å². The zero-order valence-electron chi connectivity index (χ0n) is 61.4. The standard InChI is InChI=1S/C75H146O17P2/c1-8-10-11-12-13-14-15-19-23-30-35-44-51-58-75(80)92-71(63-86-73(78)57-50-43-38-37-40-47-54-67(5)6)65-90-94(83,84)88-61-69(76)60-87-93(81,82)89-64-70(62-85-72(77)56-49-42-34-29-26-25-28-33-41-48-55-68(7)9-2)91-74(79)59-52-45-36-31-24-21-18-16-17-20-22-27-32-39-46-53-66(3)4/h66-71,76H,8-65H2,1-7H3,(H,81,82)(H,83,84)/t68?,69-,70-,71-/m1/s1. The number of phosphoric acid groups is 2. The number of esters is 4. The van der Waals surface area contributed by atoms with E-state index in [0.717, 1.165) is 108 Å². The summed E-state index contributed by atoms with van der Waals surface area (Å²) in [5, 5.41) is 10.6. The lowest BCUT2D eigenvalue weighted by molar-refractivity contribution is -0.161. The second-order valence-corrected chi connectivity index (χ2v) is 31.1. The Kier molecular flexibility index (Phi) is 64.3. The normalized spacial score (nSPS) is 14.4. The van der Waals surface area contributed by atoms with Crippen molar-refractivity contribution in [2.75, 3.05) is 39.6 Å². The van der Waals surface area contributed by atoms with Crippen molar-refractivity contribution >= 4 is 39.5 Å². The number of hydrogen-bond donors (Lipinski definition) is 3. The van der Waals surface area contributed by atoms with E-state index in [1.807, 2.05) is 0 Å². The molecule has 0 aliphatic heterocycles. The van der Waals surface area contributed by atoms with Crippen LogP contribution in [0.2, 0.25) is 0 Å². The van der Waals surface area contributed by atoms with Crippen molar-refractivity contribution in [3.8, 4) is 0 Å². The summed E-state index contributed by atoms with van der Waals surface area (Å²) >= 11 is 0. The molecule has 17 nitrogen and oxygen atoms in total. The van der Waals surface area contributed by atoms with E-state index in [4.69, 9.17) is 37.0 Å². The first-order chi connectivity index (χ1) is 45.3. The van der Waals surface area contributed by atoms with Crippen LogP contribution in [0.25, 0.3) is 0 Å². The molecule has 0 saturated heterocycles. The van der Waals surface area contributed by atoms with Crippen molar-refractivity contribution in [3.63, 3.8) is 0 Å². The molecule has 0 rings (SSSR count). The third kappa shape index (κ3) is 67.3. The molecule has 0 aliphatic carbocycles. The number of carbonyl (C=O) groups excluding carboxylic acids is 4. The number of unbranched alkanes of at least 4 members (excludes halogenated alkanes) is 40. The molecule has 0 aliphatic rings. The van der Waals surface area contributed by atoms with Crippen molar-refractivity contribution in [1.29, 1.82) is 0 Å². The number of phosphoric ester groups is 2. The highest BCUT2D eigenvalue weighted by atomic mass is 31.2. The first-order valence-corrected chi connectivity index (χ1v) is 41.9. The lowest BCUT2D eigenvalue weighted by Crippen LogP contribution is -2.30. The lowest BCUT2D eigenvalue weighted by Gasteiger charge is -2.21. The molecule has 0 heterocycles. The number of aliphatic hydroxyl groups is 1. The second-order valence-electron chi connectivity index (χ2n) is 28.2. The summed E-state index contributed by atoms with van der Waals surface area (Å²) < 4.78 is 68.5. The van der Waals surface area contributed by atoms with Crippen LogP contribution in [0, 0.1) is 17.8 Å². The highest BCUT2D eigenvalue weighted by molar-refractivity contribution is 7.47. The molecule has 0 fully saturated rings. The summed E-state index contributed by atoms with van der Waals surface area (Å²) in [6.45, 7) is 11.9. The van der Waals surface area contributed by atoms with Gasteiger partial charge in [0.05, 0.1) is 26.4 Å². The molecule has 0 saturated carbocycles. The molecule has 0 radical (unpaired) electrons. The fraction of sp³-hybridized carbons (Fsp3) is 0.947. The van der Waals surface area contributed by atoms with Crippen LogP contribution < -0.4 is 0 Å².